The number of carbonyl (C=O) groups excluding carboxylic acids is 1. The van der Waals surface area contributed by atoms with Gasteiger partial charge in [0.05, 0.1) is 0 Å². The molecule has 2 rings (SSSR count). The van der Waals surface area contributed by atoms with Gasteiger partial charge in [-0.3, -0.25) is 4.79 Å². The molecule has 1 amide bonds. The van der Waals surface area contributed by atoms with Crippen LogP contribution in [0, 0.1) is 0 Å². The van der Waals surface area contributed by atoms with E-state index in [0.717, 1.165) is 12.0 Å². The summed E-state index contributed by atoms with van der Waals surface area (Å²) in [6.07, 6.45) is 0.840. The van der Waals surface area contributed by atoms with Gasteiger partial charge in [-0.05, 0) is 29.7 Å². The SMILES string of the molecule is CC.O=C(NCCc1ccccc1)c1ccc(CCl)cc1. The third-order valence-electron chi connectivity index (χ3n) is 2.91. The van der Waals surface area contributed by atoms with Crippen molar-refractivity contribution in [3.63, 3.8) is 0 Å². The van der Waals surface area contributed by atoms with Crippen LogP contribution in [0.3, 0.4) is 0 Å². The minimum absolute atomic E-state index is 0.0444. The van der Waals surface area contributed by atoms with Crippen molar-refractivity contribution in [2.75, 3.05) is 6.54 Å². The van der Waals surface area contributed by atoms with Crippen molar-refractivity contribution in [2.24, 2.45) is 0 Å². The standard InChI is InChI=1S/C16H16ClNO.C2H6/c17-12-14-6-8-15(9-7-14)16(19)18-11-10-13-4-2-1-3-5-13;1-2/h1-9H,10-12H2,(H,18,19);1-2H3. The van der Waals surface area contributed by atoms with E-state index in [9.17, 15) is 4.79 Å². The second-order valence-corrected chi connectivity index (χ2v) is 4.59. The summed E-state index contributed by atoms with van der Waals surface area (Å²) in [7, 11) is 0. The second kappa shape index (κ2) is 10.0. The summed E-state index contributed by atoms with van der Waals surface area (Å²) in [5.74, 6) is 0.424. The van der Waals surface area contributed by atoms with Crippen LogP contribution in [0.4, 0.5) is 0 Å². The average molecular weight is 304 g/mol. The molecular formula is C18H22ClNO. The predicted molar refractivity (Wildman–Crippen MR) is 89.8 cm³/mol. The molecule has 1 N–H and O–H groups in total. The van der Waals surface area contributed by atoms with Gasteiger partial charge in [0, 0.05) is 18.0 Å². The number of amides is 1. The lowest BCUT2D eigenvalue weighted by Gasteiger charge is -2.06. The van der Waals surface area contributed by atoms with Crippen LogP contribution in [-0.2, 0) is 12.3 Å². The summed E-state index contributed by atoms with van der Waals surface area (Å²) < 4.78 is 0. The highest BCUT2D eigenvalue weighted by Crippen LogP contribution is 2.07. The number of benzene rings is 2. The van der Waals surface area contributed by atoms with Crippen molar-refractivity contribution in [3.8, 4) is 0 Å². The van der Waals surface area contributed by atoms with Crippen molar-refractivity contribution >= 4 is 17.5 Å². The first kappa shape index (κ1) is 17.3. The molecule has 21 heavy (non-hydrogen) atoms. The molecular weight excluding hydrogens is 282 g/mol. The van der Waals surface area contributed by atoms with Gasteiger partial charge in [0.15, 0.2) is 0 Å². The van der Waals surface area contributed by atoms with Crippen molar-refractivity contribution in [1.82, 2.24) is 5.32 Å². The molecule has 0 heterocycles. The molecule has 0 aliphatic rings. The molecule has 0 unspecified atom stereocenters. The number of alkyl halides is 1. The van der Waals surface area contributed by atoms with Gasteiger partial charge in [-0.15, -0.1) is 11.6 Å². The van der Waals surface area contributed by atoms with E-state index < -0.39 is 0 Å². The highest BCUT2D eigenvalue weighted by molar-refractivity contribution is 6.17. The maximum atomic E-state index is 11.9. The Morgan fingerprint density at radius 1 is 0.952 bits per heavy atom. The van der Waals surface area contributed by atoms with Gasteiger partial charge in [-0.25, -0.2) is 0 Å². The maximum Gasteiger partial charge on any atom is 0.251 e. The summed E-state index contributed by atoms with van der Waals surface area (Å²) >= 11 is 5.71. The van der Waals surface area contributed by atoms with E-state index in [1.807, 2.05) is 44.2 Å². The first-order valence-corrected chi connectivity index (χ1v) is 7.80. The highest BCUT2D eigenvalue weighted by atomic mass is 35.5. The molecule has 0 aromatic heterocycles. The zero-order valence-electron chi connectivity index (χ0n) is 12.6. The summed E-state index contributed by atoms with van der Waals surface area (Å²) in [6.45, 7) is 4.64. The number of hydrogen-bond donors (Lipinski definition) is 1. The first-order valence-electron chi connectivity index (χ1n) is 7.26. The molecule has 0 saturated heterocycles. The van der Waals surface area contributed by atoms with Crippen LogP contribution < -0.4 is 5.32 Å². The van der Waals surface area contributed by atoms with Crippen LogP contribution in [0.2, 0.25) is 0 Å². The monoisotopic (exact) mass is 303 g/mol. The molecule has 0 aliphatic carbocycles. The number of nitrogens with one attached hydrogen (secondary N) is 1. The Hall–Kier alpha value is -1.80. The van der Waals surface area contributed by atoms with Crippen LogP contribution in [0.5, 0.6) is 0 Å². The summed E-state index contributed by atoms with van der Waals surface area (Å²) in [6, 6.07) is 17.5. The first-order chi connectivity index (χ1) is 10.3. The van der Waals surface area contributed by atoms with E-state index in [-0.39, 0.29) is 5.91 Å². The lowest BCUT2D eigenvalue weighted by molar-refractivity contribution is 0.0954. The molecule has 0 bridgehead atoms. The fourth-order valence-corrected chi connectivity index (χ4v) is 1.99. The van der Waals surface area contributed by atoms with Crippen molar-refractivity contribution < 1.29 is 4.79 Å². The van der Waals surface area contributed by atoms with Gasteiger partial charge >= 0.3 is 0 Å². The molecule has 0 spiro atoms. The minimum atomic E-state index is -0.0444. The summed E-state index contributed by atoms with van der Waals surface area (Å²) in [5.41, 5.74) is 2.91. The van der Waals surface area contributed by atoms with Gasteiger partial charge < -0.3 is 5.32 Å². The molecule has 112 valence electrons. The number of hydrogen-bond acceptors (Lipinski definition) is 1. The smallest absolute Gasteiger partial charge is 0.251 e. The average Bonchev–Trinajstić information content (AvgIpc) is 2.57. The minimum Gasteiger partial charge on any atom is -0.352 e. The quantitative estimate of drug-likeness (QED) is 0.814. The molecule has 0 radical (unpaired) electrons. The van der Waals surface area contributed by atoms with E-state index in [2.05, 4.69) is 17.4 Å². The number of carbonyl (C=O) groups is 1. The molecule has 2 aromatic carbocycles. The van der Waals surface area contributed by atoms with Gasteiger partial charge in [0.25, 0.3) is 5.91 Å². The van der Waals surface area contributed by atoms with E-state index in [1.165, 1.54) is 5.56 Å². The zero-order chi connectivity index (χ0) is 15.5. The normalized spacial score (nSPS) is 9.48. The lowest BCUT2D eigenvalue weighted by Crippen LogP contribution is -2.25. The Morgan fingerprint density at radius 2 is 1.57 bits per heavy atom. The molecule has 2 aromatic rings. The highest BCUT2D eigenvalue weighted by Gasteiger charge is 2.04. The van der Waals surface area contributed by atoms with E-state index in [1.54, 1.807) is 12.1 Å². The largest absolute Gasteiger partial charge is 0.352 e. The van der Waals surface area contributed by atoms with Crippen molar-refractivity contribution in [3.05, 3.63) is 71.3 Å². The van der Waals surface area contributed by atoms with Gasteiger partial charge in [0.2, 0.25) is 0 Å². The third kappa shape index (κ3) is 6.01. The molecule has 3 heteroatoms. The van der Waals surface area contributed by atoms with Crippen LogP contribution in [0.1, 0.15) is 35.3 Å². The summed E-state index contributed by atoms with van der Waals surface area (Å²) in [5, 5.41) is 2.91. The van der Waals surface area contributed by atoms with Gasteiger partial charge in [0.1, 0.15) is 0 Å². The Balaban J connectivity index is 0.00000106. The predicted octanol–water partition coefficient (Wildman–Crippen LogP) is 4.42. The third-order valence-corrected chi connectivity index (χ3v) is 3.22. The van der Waals surface area contributed by atoms with Crippen LogP contribution in [0.15, 0.2) is 54.6 Å². The van der Waals surface area contributed by atoms with E-state index in [0.29, 0.717) is 18.0 Å². The van der Waals surface area contributed by atoms with Crippen LogP contribution in [-0.4, -0.2) is 12.5 Å². The van der Waals surface area contributed by atoms with Gasteiger partial charge in [-0.2, -0.15) is 0 Å². The zero-order valence-corrected chi connectivity index (χ0v) is 13.4. The molecule has 0 fully saturated rings. The van der Waals surface area contributed by atoms with E-state index >= 15 is 0 Å². The molecule has 0 saturated carbocycles. The Bertz CT molecular complexity index is 523. The van der Waals surface area contributed by atoms with Crippen LogP contribution in [0.25, 0.3) is 0 Å². The van der Waals surface area contributed by atoms with Crippen LogP contribution >= 0.6 is 11.6 Å². The number of rotatable bonds is 5. The topological polar surface area (TPSA) is 29.1 Å². The molecule has 0 atom stereocenters. The fraction of sp³-hybridized carbons (Fsp3) is 0.278. The lowest BCUT2D eigenvalue weighted by atomic mass is 10.1. The Kier molecular flexibility index (Phi) is 8.22. The van der Waals surface area contributed by atoms with E-state index in [4.69, 9.17) is 11.6 Å². The Labute approximate surface area is 132 Å². The molecule has 2 nitrogen and oxygen atoms in total. The van der Waals surface area contributed by atoms with Crippen molar-refractivity contribution in [2.45, 2.75) is 26.1 Å². The maximum absolute atomic E-state index is 11.9. The Morgan fingerprint density at radius 3 is 2.14 bits per heavy atom. The number of halogens is 1. The second-order valence-electron chi connectivity index (χ2n) is 4.32. The van der Waals surface area contributed by atoms with Crippen molar-refractivity contribution in [1.29, 1.82) is 0 Å². The summed E-state index contributed by atoms with van der Waals surface area (Å²) in [4.78, 5) is 11.9. The fourth-order valence-electron chi connectivity index (χ4n) is 1.81. The molecule has 0 aliphatic heterocycles. The van der Waals surface area contributed by atoms with Gasteiger partial charge in [-0.1, -0.05) is 56.3 Å².